The van der Waals surface area contributed by atoms with Crippen molar-refractivity contribution in [1.29, 1.82) is 0 Å². The quantitative estimate of drug-likeness (QED) is 0.459. The van der Waals surface area contributed by atoms with Gasteiger partial charge in [-0.1, -0.05) is 36.0 Å². The Balaban J connectivity index is 1.53. The van der Waals surface area contributed by atoms with Crippen LogP contribution in [0.5, 0.6) is 5.75 Å². The van der Waals surface area contributed by atoms with Gasteiger partial charge in [0.05, 0.1) is 24.3 Å². The van der Waals surface area contributed by atoms with Crippen molar-refractivity contribution in [1.82, 2.24) is 14.8 Å². The second kappa shape index (κ2) is 11.0. The highest BCUT2D eigenvalue weighted by Crippen LogP contribution is 2.25. The number of ether oxygens (including phenoxy) is 1. The number of aromatic nitrogens is 3. The number of methoxy groups -OCH3 is 1. The van der Waals surface area contributed by atoms with Crippen LogP contribution in [-0.4, -0.2) is 33.5 Å². The molecule has 0 saturated carbocycles. The minimum absolute atomic E-state index is 0.137. The van der Waals surface area contributed by atoms with E-state index >= 15 is 0 Å². The zero-order valence-corrected chi connectivity index (χ0v) is 18.4. The molecule has 0 fully saturated rings. The summed E-state index contributed by atoms with van der Waals surface area (Å²) in [5.41, 5.74) is 1.70. The lowest BCUT2D eigenvalue weighted by Gasteiger charge is -2.10. The van der Waals surface area contributed by atoms with Crippen molar-refractivity contribution in [3.8, 4) is 5.75 Å². The lowest BCUT2D eigenvalue weighted by atomic mass is 10.2. The molecule has 158 valence electrons. The maximum Gasteiger partial charge on any atom is 0.234 e. The van der Waals surface area contributed by atoms with Crippen LogP contribution in [0.15, 0.2) is 53.7 Å². The van der Waals surface area contributed by atoms with Gasteiger partial charge in [-0.3, -0.25) is 4.79 Å². The number of nitrogens with zero attached hydrogens (tertiary/aromatic N) is 3. The number of para-hydroxylation sites is 2. The molecule has 0 aliphatic rings. The highest BCUT2D eigenvalue weighted by Gasteiger charge is 2.14. The Kier molecular flexibility index (Phi) is 8.15. The summed E-state index contributed by atoms with van der Waals surface area (Å²) in [5.74, 6) is 2.78. The first kappa shape index (κ1) is 22.2. The number of halogens is 1. The number of nitrogens with one attached hydrogen (secondary N) is 1. The first-order valence-corrected chi connectivity index (χ1v) is 11.5. The van der Waals surface area contributed by atoms with Gasteiger partial charge in [0.15, 0.2) is 5.16 Å². The number of carbonyl (C=O) groups excluding carboxylic acids is 1. The van der Waals surface area contributed by atoms with Gasteiger partial charge >= 0.3 is 0 Å². The second-order valence-corrected chi connectivity index (χ2v) is 8.23. The van der Waals surface area contributed by atoms with Gasteiger partial charge in [-0.05, 0) is 36.8 Å². The third-order valence-electron chi connectivity index (χ3n) is 4.24. The van der Waals surface area contributed by atoms with Crippen LogP contribution >= 0.6 is 23.5 Å². The van der Waals surface area contributed by atoms with Crippen molar-refractivity contribution in [2.24, 2.45) is 0 Å². The third kappa shape index (κ3) is 5.99. The molecule has 3 aromatic rings. The standard InChI is InChI=1S/C21H23FN4O2S2/c1-3-26-19(13-29-12-15-8-10-16(22)11-9-15)24-25-21(26)30-14-20(27)23-17-6-4-5-7-18(17)28-2/h4-11H,3,12-14H2,1-2H3,(H,23,27). The SMILES string of the molecule is CCn1c(CSCc2ccc(F)cc2)nnc1SCC(=O)Nc1ccccc1OC. The molecule has 1 amide bonds. The first-order chi connectivity index (χ1) is 14.6. The molecular weight excluding hydrogens is 423 g/mol. The van der Waals surface area contributed by atoms with E-state index in [0.717, 1.165) is 23.7 Å². The first-order valence-electron chi connectivity index (χ1n) is 9.40. The van der Waals surface area contributed by atoms with Crippen molar-refractivity contribution in [2.75, 3.05) is 18.2 Å². The molecule has 0 unspecified atom stereocenters. The molecule has 9 heteroatoms. The maximum absolute atomic E-state index is 13.0. The van der Waals surface area contributed by atoms with E-state index in [-0.39, 0.29) is 17.5 Å². The third-order valence-corrected chi connectivity index (χ3v) is 6.20. The number of benzene rings is 2. The van der Waals surface area contributed by atoms with E-state index in [2.05, 4.69) is 15.5 Å². The summed E-state index contributed by atoms with van der Waals surface area (Å²) in [6, 6.07) is 13.8. The summed E-state index contributed by atoms with van der Waals surface area (Å²) in [5, 5.41) is 12.1. The molecule has 6 nitrogen and oxygen atoms in total. The van der Waals surface area contributed by atoms with Crippen molar-refractivity contribution in [3.63, 3.8) is 0 Å². The largest absolute Gasteiger partial charge is 0.495 e. The van der Waals surface area contributed by atoms with E-state index in [1.165, 1.54) is 23.9 Å². The predicted molar refractivity (Wildman–Crippen MR) is 119 cm³/mol. The molecule has 0 aliphatic heterocycles. The summed E-state index contributed by atoms with van der Waals surface area (Å²) >= 11 is 3.04. The lowest BCUT2D eigenvalue weighted by Crippen LogP contribution is -2.15. The van der Waals surface area contributed by atoms with Crippen molar-refractivity contribution < 1.29 is 13.9 Å². The number of hydrogen-bond acceptors (Lipinski definition) is 6. The molecule has 0 aliphatic carbocycles. The van der Waals surface area contributed by atoms with Gasteiger partial charge in [0.1, 0.15) is 17.4 Å². The second-order valence-electron chi connectivity index (χ2n) is 6.30. The molecule has 0 spiro atoms. The van der Waals surface area contributed by atoms with Crippen molar-refractivity contribution >= 4 is 35.1 Å². The minimum Gasteiger partial charge on any atom is -0.495 e. The van der Waals surface area contributed by atoms with Crippen LogP contribution in [0.4, 0.5) is 10.1 Å². The van der Waals surface area contributed by atoms with Crippen LogP contribution < -0.4 is 10.1 Å². The van der Waals surface area contributed by atoms with Crippen LogP contribution in [0.1, 0.15) is 18.3 Å². The van der Waals surface area contributed by atoms with E-state index in [4.69, 9.17) is 4.74 Å². The molecule has 0 saturated heterocycles. The van der Waals surface area contributed by atoms with Crippen molar-refractivity contribution in [3.05, 3.63) is 65.7 Å². The molecule has 30 heavy (non-hydrogen) atoms. The minimum atomic E-state index is -0.231. The molecular formula is C21H23FN4O2S2. The summed E-state index contributed by atoms with van der Waals surface area (Å²) in [4.78, 5) is 12.3. The fourth-order valence-corrected chi connectivity index (χ4v) is 4.50. The molecule has 2 aromatic carbocycles. The number of anilines is 1. The Hall–Kier alpha value is -2.52. The van der Waals surface area contributed by atoms with Gasteiger partial charge in [-0.15, -0.1) is 22.0 Å². The van der Waals surface area contributed by atoms with Crippen molar-refractivity contribution in [2.45, 2.75) is 30.1 Å². The Morgan fingerprint density at radius 3 is 2.63 bits per heavy atom. The van der Waals surface area contributed by atoms with Crippen LogP contribution in [0.3, 0.4) is 0 Å². The summed E-state index contributed by atoms with van der Waals surface area (Å²) < 4.78 is 20.3. The highest BCUT2D eigenvalue weighted by atomic mass is 32.2. The van der Waals surface area contributed by atoms with E-state index in [9.17, 15) is 9.18 Å². The van der Waals surface area contributed by atoms with E-state index < -0.39 is 0 Å². The average molecular weight is 447 g/mol. The van der Waals surface area contributed by atoms with Crippen LogP contribution in [0, 0.1) is 5.82 Å². The monoisotopic (exact) mass is 446 g/mol. The average Bonchev–Trinajstić information content (AvgIpc) is 3.16. The van der Waals surface area contributed by atoms with Gasteiger partial charge in [0, 0.05) is 12.3 Å². The van der Waals surface area contributed by atoms with E-state index in [0.29, 0.717) is 22.3 Å². The number of carbonyl (C=O) groups is 1. The maximum atomic E-state index is 13.0. The van der Waals surface area contributed by atoms with Crippen LogP contribution in [0.2, 0.25) is 0 Å². The Morgan fingerprint density at radius 2 is 1.90 bits per heavy atom. The Labute approximate surface area is 183 Å². The summed E-state index contributed by atoms with van der Waals surface area (Å²) in [6.07, 6.45) is 0. The predicted octanol–water partition coefficient (Wildman–Crippen LogP) is 4.61. The van der Waals surface area contributed by atoms with Gasteiger partial charge in [0.25, 0.3) is 0 Å². The molecule has 1 aromatic heterocycles. The normalized spacial score (nSPS) is 10.8. The van der Waals surface area contributed by atoms with Gasteiger partial charge in [0.2, 0.25) is 5.91 Å². The highest BCUT2D eigenvalue weighted by molar-refractivity contribution is 7.99. The zero-order valence-electron chi connectivity index (χ0n) is 16.8. The lowest BCUT2D eigenvalue weighted by molar-refractivity contribution is -0.113. The molecule has 0 radical (unpaired) electrons. The molecule has 0 atom stereocenters. The number of rotatable bonds is 10. The topological polar surface area (TPSA) is 69.0 Å². The summed E-state index contributed by atoms with van der Waals surface area (Å²) in [6.45, 7) is 2.74. The smallest absolute Gasteiger partial charge is 0.234 e. The molecule has 1 N–H and O–H groups in total. The Bertz CT molecular complexity index is 979. The van der Waals surface area contributed by atoms with Gasteiger partial charge < -0.3 is 14.6 Å². The van der Waals surface area contributed by atoms with Crippen LogP contribution in [-0.2, 0) is 22.8 Å². The van der Waals surface area contributed by atoms with Gasteiger partial charge in [-0.2, -0.15) is 0 Å². The number of thioether (sulfide) groups is 2. The summed E-state index contributed by atoms with van der Waals surface area (Å²) in [7, 11) is 1.57. The zero-order chi connectivity index (χ0) is 21.3. The van der Waals surface area contributed by atoms with E-state index in [1.807, 2.05) is 23.6 Å². The Morgan fingerprint density at radius 1 is 1.13 bits per heavy atom. The fourth-order valence-electron chi connectivity index (χ4n) is 2.76. The molecule has 1 heterocycles. The molecule has 0 bridgehead atoms. The molecule has 3 rings (SSSR count). The number of hydrogen-bond donors (Lipinski definition) is 1. The number of amides is 1. The fraction of sp³-hybridized carbons (Fsp3) is 0.286. The van der Waals surface area contributed by atoms with Crippen LogP contribution in [0.25, 0.3) is 0 Å². The van der Waals surface area contributed by atoms with E-state index in [1.54, 1.807) is 43.1 Å². The van der Waals surface area contributed by atoms with Gasteiger partial charge in [-0.25, -0.2) is 4.39 Å².